The summed E-state index contributed by atoms with van der Waals surface area (Å²) < 4.78 is 1.83. The molecule has 0 spiro atoms. The first-order valence-electron chi connectivity index (χ1n) is 7.02. The predicted octanol–water partition coefficient (Wildman–Crippen LogP) is 3.78. The maximum absolute atomic E-state index is 12.9. The van der Waals surface area contributed by atoms with E-state index in [9.17, 15) is 4.79 Å². The van der Waals surface area contributed by atoms with E-state index in [-0.39, 0.29) is 5.91 Å². The summed E-state index contributed by atoms with van der Waals surface area (Å²) in [6.07, 6.45) is 1.74. The Kier molecular flexibility index (Phi) is 3.81. The summed E-state index contributed by atoms with van der Waals surface area (Å²) in [6, 6.07) is 11.6. The van der Waals surface area contributed by atoms with Gasteiger partial charge in [0.05, 0.1) is 10.6 Å². The van der Waals surface area contributed by atoms with Gasteiger partial charge in [-0.3, -0.25) is 9.48 Å². The number of thiophene rings is 1. The van der Waals surface area contributed by atoms with Crippen LogP contribution in [-0.2, 0) is 7.05 Å². The minimum Gasteiger partial charge on any atom is -0.304 e. The van der Waals surface area contributed by atoms with Gasteiger partial charge in [-0.25, -0.2) is 0 Å². The van der Waals surface area contributed by atoms with E-state index >= 15 is 0 Å². The van der Waals surface area contributed by atoms with Crippen molar-refractivity contribution in [1.82, 2.24) is 9.78 Å². The Bertz CT molecular complexity index is 798. The van der Waals surface area contributed by atoms with E-state index in [0.717, 1.165) is 26.5 Å². The van der Waals surface area contributed by atoms with Gasteiger partial charge in [-0.05, 0) is 25.1 Å². The van der Waals surface area contributed by atoms with Crippen molar-refractivity contribution in [2.24, 2.45) is 7.05 Å². The molecule has 0 saturated heterocycles. The molecule has 3 rings (SSSR count). The number of aromatic nitrogens is 2. The van der Waals surface area contributed by atoms with Crippen molar-refractivity contribution in [2.45, 2.75) is 6.92 Å². The third-order valence-electron chi connectivity index (χ3n) is 3.53. The van der Waals surface area contributed by atoms with Crippen LogP contribution in [0.1, 0.15) is 15.4 Å². The lowest BCUT2D eigenvalue weighted by Gasteiger charge is -2.20. The zero-order valence-electron chi connectivity index (χ0n) is 12.6. The fraction of sp³-hybridized carbons (Fsp3) is 0.176. The van der Waals surface area contributed by atoms with Gasteiger partial charge in [-0.2, -0.15) is 5.10 Å². The average molecular weight is 311 g/mol. The van der Waals surface area contributed by atoms with Crippen LogP contribution >= 0.6 is 11.3 Å². The summed E-state index contributed by atoms with van der Waals surface area (Å²) in [5, 5.41) is 5.42. The molecule has 2 heterocycles. The number of anilines is 1. The number of aryl methyl sites for hydroxylation is 2. The summed E-state index contributed by atoms with van der Waals surface area (Å²) >= 11 is 1.48. The minimum atomic E-state index is -0.00769. The Morgan fingerprint density at radius 3 is 2.77 bits per heavy atom. The summed E-state index contributed by atoms with van der Waals surface area (Å²) in [5.41, 5.74) is 1.82. The molecule has 0 unspecified atom stereocenters. The summed E-state index contributed by atoms with van der Waals surface area (Å²) in [5.74, 6) is -0.00769. The highest BCUT2D eigenvalue weighted by atomic mass is 32.1. The molecule has 0 fully saturated rings. The Morgan fingerprint density at radius 2 is 2.14 bits per heavy atom. The molecule has 0 bridgehead atoms. The zero-order chi connectivity index (χ0) is 15.7. The highest BCUT2D eigenvalue weighted by Crippen LogP contribution is 2.29. The summed E-state index contributed by atoms with van der Waals surface area (Å²) in [4.78, 5) is 16.4. The van der Waals surface area contributed by atoms with Gasteiger partial charge in [0.2, 0.25) is 0 Å². The third-order valence-corrected chi connectivity index (χ3v) is 4.72. The van der Waals surface area contributed by atoms with Crippen molar-refractivity contribution in [3.05, 3.63) is 59.6 Å². The molecule has 2 aromatic heterocycles. The van der Waals surface area contributed by atoms with E-state index in [0.29, 0.717) is 6.54 Å². The van der Waals surface area contributed by atoms with Crippen LogP contribution in [0, 0.1) is 6.92 Å². The van der Waals surface area contributed by atoms with Crippen LogP contribution in [0.4, 0.5) is 5.69 Å². The maximum Gasteiger partial charge on any atom is 0.268 e. The van der Waals surface area contributed by atoms with Crippen LogP contribution in [0.25, 0.3) is 10.2 Å². The van der Waals surface area contributed by atoms with Crippen LogP contribution < -0.4 is 4.90 Å². The number of hydrogen-bond acceptors (Lipinski definition) is 3. The Labute approximate surface area is 133 Å². The molecule has 0 N–H and O–H groups in total. The van der Waals surface area contributed by atoms with E-state index in [2.05, 4.69) is 11.7 Å². The van der Waals surface area contributed by atoms with Crippen molar-refractivity contribution in [1.29, 1.82) is 0 Å². The molecule has 0 saturated carbocycles. The van der Waals surface area contributed by atoms with E-state index in [1.807, 2.05) is 55.1 Å². The van der Waals surface area contributed by atoms with Gasteiger partial charge in [0, 0.05) is 24.7 Å². The molecular weight excluding hydrogens is 294 g/mol. The normalized spacial score (nSPS) is 10.8. The van der Waals surface area contributed by atoms with Crippen LogP contribution in [0.2, 0.25) is 0 Å². The second kappa shape index (κ2) is 5.77. The second-order valence-corrected chi connectivity index (χ2v) is 6.11. The molecule has 0 aliphatic carbocycles. The highest BCUT2D eigenvalue weighted by Gasteiger charge is 2.20. The van der Waals surface area contributed by atoms with Gasteiger partial charge in [-0.1, -0.05) is 24.3 Å². The van der Waals surface area contributed by atoms with Crippen LogP contribution in [-0.4, -0.2) is 22.2 Å². The number of carbonyl (C=O) groups is 1. The molecule has 22 heavy (non-hydrogen) atoms. The van der Waals surface area contributed by atoms with Gasteiger partial charge < -0.3 is 4.90 Å². The first-order chi connectivity index (χ1) is 10.6. The molecule has 0 aliphatic heterocycles. The van der Waals surface area contributed by atoms with Crippen molar-refractivity contribution in [3.63, 3.8) is 0 Å². The number of fused-ring (bicyclic) bond motifs is 1. The number of benzene rings is 1. The number of amides is 1. The number of hydrogen-bond donors (Lipinski definition) is 0. The average Bonchev–Trinajstić information content (AvgIpc) is 3.07. The lowest BCUT2D eigenvalue weighted by atomic mass is 10.2. The van der Waals surface area contributed by atoms with Crippen molar-refractivity contribution in [3.8, 4) is 0 Å². The van der Waals surface area contributed by atoms with Gasteiger partial charge >= 0.3 is 0 Å². The number of rotatable bonds is 4. The number of nitrogens with zero attached hydrogens (tertiary/aromatic N) is 3. The summed E-state index contributed by atoms with van der Waals surface area (Å²) in [6.45, 7) is 6.20. The van der Waals surface area contributed by atoms with Gasteiger partial charge in [0.25, 0.3) is 5.91 Å². The number of carbonyl (C=O) groups excluding carboxylic acids is 1. The lowest BCUT2D eigenvalue weighted by Crippen LogP contribution is -2.30. The monoisotopic (exact) mass is 311 g/mol. The first-order valence-corrected chi connectivity index (χ1v) is 7.84. The first kappa shape index (κ1) is 14.5. The Hall–Kier alpha value is -2.40. The summed E-state index contributed by atoms with van der Waals surface area (Å²) in [7, 11) is 1.90. The molecule has 1 aromatic carbocycles. The molecule has 3 aromatic rings. The molecule has 0 atom stereocenters. The second-order valence-electron chi connectivity index (χ2n) is 5.08. The molecule has 112 valence electrons. The van der Waals surface area contributed by atoms with Gasteiger partial charge in [0.15, 0.2) is 0 Å². The fourth-order valence-corrected chi connectivity index (χ4v) is 3.56. The van der Waals surface area contributed by atoms with Crippen molar-refractivity contribution in [2.75, 3.05) is 11.4 Å². The molecule has 0 radical (unpaired) electrons. The standard InChI is InChI=1S/C17H17N3OS/c1-4-10-20(13-8-6-5-7-9-13)16(21)15-11-14-12(2)18-19(3)17(14)22-15/h4-9,11H,1,10H2,2-3H3. The molecule has 0 aliphatic rings. The van der Waals surface area contributed by atoms with Crippen LogP contribution in [0.15, 0.2) is 49.1 Å². The Morgan fingerprint density at radius 1 is 1.41 bits per heavy atom. The van der Waals surface area contributed by atoms with Crippen molar-refractivity contribution < 1.29 is 4.79 Å². The van der Waals surface area contributed by atoms with Gasteiger partial charge in [-0.15, -0.1) is 17.9 Å². The Balaban J connectivity index is 2.02. The molecular formula is C17H17N3OS. The molecule has 1 amide bonds. The van der Waals surface area contributed by atoms with E-state index in [1.165, 1.54) is 11.3 Å². The zero-order valence-corrected chi connectivity index (χ0v) is 13.4. The SMILES string of the molecule is C=CCN(C(=O)c1cc2c(C)nn(C)c2s1)c1ccccc1. The predicted molar refractivity (Wildman–Crippen MR) is 91.6 cm³/mol. The highest BCUT2D eigenvalue weighted by molar-refractivity contribution is 7.20. The largest absolute Gasteiger partial charge is 0.304 e. The van der Waals surface area contributed by atoms with Crippen molar-refractivity contribution >= 4 is 33.1 Å². The van der Waals surface area contributed by atoms with Crippen LogP contribution in [0.3, 0.4) is 0 Å². The fourth-order valence-electron chi connectivity index (χ4n) is 2.49. The quantitative estimate of drug-likeness (QED) is 0.688. The van der Waals surface area contributed by atoms with Gasteiger partial charge in [0.1, 0.15) is 4.83 Å². The lowest BCUT2D eigenvalue weighted by molar-refractivity contribution is 0.0993. The topological polar surface area (TPSA) is 38.1 Å². The maximum atomic E-state index is 12.9. The smallest absolute Gasteiger partial charge is 0.268 e. The number of para-hydroxylation sites is 1. The van der Waals surface area contributed by atoms with Crippen LogP contribution in [0.5, 0.6) is 0 Å². The molecule has 4 nitrogen and oxygen atoms in total. The van der Waals surface area contributed by atoms with E-state index in [1.54, 1.807) is 11.0 Å². The third kappa shape index (κ3) is 2.44. The van der Waals surface area contributed by atoms with E-state index in [4.69, 9.17) is 0 Å². The van der Waals surface area contributed by atoms with E-state index < -0.39 is 0 Å². The molecule has 5 heteroatoms. The minimum absolute atomic E-state index is 0.00769.